The van der Waals surface area contributed by atoms with Crippen molar-refractivity contribution in [3.8, 4) is 0 Å². The number of benzene rings is 1. The standard InChI is InChI=1S/C13H15NO2/c1-9-12(13(15-2)7-16-8-13)10-5-3-4-6-11(10)14-9/h3-6,14H,7-8H2,1-2H3. The molecule has 1 saturated heterocycles. The van der Waals surface area contributed by atoms with Crippen LogP contribution in [-0.4, -0.2) is 25.3 Å². The quantitative estimate of drug-likeness (QED) is 0.837. The van der Waals surface area contributed by atoms with Gasteiger partial charge in [0.25, 0.3) is 0 Å². The minimum Gasteiger partial charge on any atom is -0.375 e. The Labute approximate surface area is 94.4 Å². The summed E-state index contributed by atoms with van der Waals surface area (Å²) < 4.78 is 11.0. The van der Waals surface area contributed by atoms with E-state index in [0.29, 0.717) is 13.2 Å². The van der Waals surface area contributed by atoms with Gasteiger partial charge in [-0.1, -0.05) is 18.2 Å². The highest BCUT2D eigenvalue weighted by atomic mass is 16.6. The van der Waals surface area contributed by atoms with Gasteiger partial charge in [0.2, 0.25) is 0 Å². The van der Waals surface area contributed by atoms with Crippen LogP contribution in [0.5, 0.6) is 0 Å². The lowest BCUT2D eigenvalue weighted by atomic mass is 9.89. The maximum Gasteiger partial charge on any atom is 0.141 e. The predicted octanol–water partition coefficient (Wildman–Crippen LogP) is 2.35. The number of aryl methyl sites for hydroxylation is 1. The fourth-order valence-corrected chi connectivity index (χ4v) is 2.52. The highest BCUT2D eigenvalue weighted by Gasteiger charge is 2.43. The van der Waals surface area contributed by atoms with Crippen molar-refractivity contribution in [1.82, 2.24) is 4.98 Å². The number of methoxy groups -OCH3 is 1. The maximum absolute atomic E-state index is 5.66. The number of aromatic nitrogens is 1. The summed E-state index contributed by atoms with van der Waals surface area (Å²) in [7, 11) is 1.75. The van der Waals surface area contributed by atoms with Gasteiger partial charge in [-0.05, 0) is 13.0 Å². The fraction of sp³-hybridized carbons (Fsp3) is 0.385. The van der Waals surface area contributed by atoms with Crippen molar-refractivity contribution in [2.45, 2.75) is 12.5 Å². The number of H-pyrrole nitrogens is 1. The second kappa shape index (κ2) is 3.34. The van der Waals surface area contributed by atoms with E-state index in [2.05, 4.69) is 30.1 Å². The van der Waals surface area contributed by atoms with E-state index < -0.39 is 0 Å². The van der Waals surface area contributed by atoms with Gasteiger partial charge in [0, 0.05) is 29.3 Å². The topological polar surface area (TPSA) is 34.2 Å². The lowest BCUT2D eigenvalue weighted by molar-refractivity contribution is -0.202. The Kier molecular flexibility index (Phi) is 2.06. The molecular weight excluding hydrogens is 202 g/mol. The molecule has 0 radical (unpaired) electrons. The summed E-state index contributed by atoms with van der Waals surface area (Å²) in [6.45, 7) is 3.38. The van der Waals surface area contributed by atoms with Gasteiger partial charge in [-0.25, -0.2) is 0 Å². The maximum atomic E-state index is 5.66. The largest absolute Gasteiger partial charge is 0.375 e. The average molecular weight is 217 g/mol. The van der Waals surface area contributed by atoms with Crippen LogP contribution in [0.3, 0.4) is 0 Å². The van der Waals surface area contributed by atoms with Crippen LogP contribution in [0.4, 0.5) is 0 Å². The second-order valence-corrected chi connectivity index (χ2v) is 4.36. The molecule has 1 aromatic heterocycles. The van der Waals surface area contributed by atoms with E-state index in [-0.39, 0.29) is 5.60 Å². The number of nitrogens with one attached hydrogen (secondary N) is 1. The second-order valence-electron chi connectivity index (χ2n) is 4.36. The van der Waals surface area contributed by atoms with Gasteiger partial charge in [-0.3, -0.25) is 0 Å². The Morgan fingerprint density at radius 1 is 1.31 bits per heavy atom. The van der Waals surface area contributed by atoms with Gasteiger partial charge in [-0.2, -0.15) is 0 Å². The van der Waals surface area contributed by atoms with E-state index in [1.807, 2.05) is 6.07 Å². The Morgan fingerprint density at radius 2 is 2.06 bits per heavy atom. The molecule has 0 unspecified atom stereocenters. The first-order valence-electron chi connectivity index (χ1n) is 5.47. The summed E-state index contributed by atoms with van der Waals surface area (Å²) in [5.41, 5.74) is 3.34. The van der Waals surface area contributed by atoms with Crippen molar-refractivity contribution in [2.24, 2.45) is 0 Å². The van der Waals surface area contributed by atoms with E-state index in [4.69, 9.17) is 9.47 Å². The molecule has 0 atom stereocenters. The van der Waals surface area contributed by atoms with E-state index >= 15 is 0 Å². The summed E-state index contributed by atoms with van der Waals surface area (Å²) in [6, 6.07) is 8.32. The monoisotopic (exact) mass is 217 g/mol. The zero-order chi connectivity index (χ0) is 11.2. The van der Waals surface area contributed by atoms with Crippen LogP contribution in [0.2, 0.25) is 0 Å². The van der Waals surface area contributed by atoms with Gasteiger partial charge in [0.15, 0.2) is 0 Å². The molecule has 0 spiro atoms. The molecule has 0 amide bonds. The van der Waals surface area contributed by atoms with E-state index in [0.717, 1.165) is 0 Å². The Hall–Kier alpha value is -1.32. The minimum atomic E-state index is -0.246. The van der Waals surface area contributed by atoms with E-state index in [9.17, 15) is 0 Å². The van der Waals surface area contributed by atoms with Crippen LogP contribution in [0, 0.1) is 6.92 Å². The summed E-state index contributed by atoms with van der Waals surface area (Å²) in [6.07, 6.45) is 0. The smallest absolute Gasteiger partial charge is 0.141 e. The van der Waals surface area contributed by atoms with Crippen molar-refractivity contribution in [3.63, 3.8) is 0 Å². The van der Waals surface area contributed by atoms with Crippen molar-refractivity contribution >= 4 is 10.9 Å². The van der Waals surface area contributed by atoms with Crippen LogP contribution < -0.4 is 0 Å². The number of fused-ring (bicyclic) bond motifs is 1. The minimum absolute atomic E-state index is 0.246. The Balaban J connectivity index is 2.26. The molecule has 84 valence electrons. The predicted molar refractivity (Wildman–Crippen MR) is 62.5 cm³/mol. The summed E-state index contributed by atoms with van der Waals surface area (Å²) in [4.78, 5) is 3.40. The number of hydrogen-bond acceptors (Lipinski definition) is 2. The molecule has 3 nitrogen and oxygen atoms in total. The third-order valence-corrected chi connectivity index (χ3v) is 3.41. The molecular formula is C13H15NO2. The fourth-order valence-electron chi connectivity index (χ4n) is 2.52. The molecule has 1 aliphatic rings. The summed E-state index contributed by atoms with van der Waals surface area (Å²) in [5, 5.41) is 1.24. The first-order chi connectivity index (χ1) is 7.77. The Morgan fingerprint density at radius 3 is 2.69 bits per heavy atom. The summed E-state index contributed by atoms with van der Waals surface area (Å²) in [5.74, 6) is 0. The molecule has 16 heavy (non-hydrogen) atoms. The number of rotatable bonds is 2. The molecule has 1 fully saturated rings. The third-order valence-electron chi connectivity index (χ3n) is 3.41. The van der Waals surface area contributed by atoms with Crippen LogP contribution in [0.1, 0.15) is 11.3 Å². The Bertz CT molecular complexity index is 520. The van der Waals surface area contributed by atoms with Gasteiger partial charge in [0.1, 0.15) is 5.60 Å². The first-order valence-corrected chi connectivity index (χ1v) is 5.47. The van der Waals surface area contributed by atoms with E-state index in [1.54, 1.807) is 7.11 Å². The van der Waals surface area contributed by atoms with Gasteiger partial charge in [-0.15, -0.1) is 0 Å². The van der Waals surface area contributed by atoms with Gasteiger partial charge >= 0.3 is 0 Å². The highest BCUT2D eigenvalue weighted by Crippen LogP contribution is 2.39. The number of hydrogen-bond donors (Lipinski definition) is 1. The van der Waals surface area contributed by atoms with Crippen molar-refractivity contribution in [1.29, 1.82) is 0 Å². The molecule has 3 rings (SSSR count). The number of aromatic amines is 1. The average Bonchev–Trinajstić information content (AvgIpc) is 2.56. The lowest BCUT2D eigenvalue weighted by Gasteiger charge is -2.40. The molecule has 0 bridgehead atoms. The number of para-hydroxylation sites is 1. The highest BCUT2D eigenvalue weighted by molar-refractivity contribution is 5.85. The van der Waals surface area contributed by atoms with Crippen molar-refractivity contribution < 1.29 is 9.47 Å². The van der Waals surface area contributed by atoms with Crippen molar-refractivity contribution in [3.05, 3.63) is 35.5 Å². The lowest BCUT2D eigenvalue weighted by Crippen LogP contribution is -2.48. The van der Waals surface area contributed by atoms with Gasteiger partial charge in [0.05, 0.1) is 13.2 Å². The normalized spacial score (nSPS) is 18.6. The zero-order valence-electron chi connectivity index (χ0n) is 9.54. The molecule has 2 aromatic rings. The molecule has 3 heteroatoms. The molecule has 1 aromatic carbocycles. The van der Waals surface area contributed by atoms with Crippen LogP contribution >= 0.6 is 0 Å². The van der Waals surface area contributed by atoms with Crippen LogP contribution in [0.25, 0.3) is 10.9 Å². The molecule has 2 heterocycles. The summed E-state index contributed by atoms with van der Waals surface area (Å²) >= 11 is 0. The molecule has 1 N–H and O–H groups in total. The molecule has 1 aliphatic heterocycles. The SMILES string of the molecule is COC1(c2c(C)[nH]c3ccccc23)COC1. The number of ether oxygens (including phenoxy) is 2. The zero-order valence-corrected chi connectivity index (χ0v) is 9.54. The van der Waals surface area contributed by atoms with Gasteiger partial charge < -0.3 is 14.5 Å². The van der Waals surface area contributed by atoms with Crippen LogP contribution in [-0.2, 0) is 15.1 Å². The molecule has 0 aliphatic carbocycles. The molecule has 0 saturated carbocycles. The van der Waals surface area contributed by atoms with Crippen LogP contribution in [0.15, 0.2) is 24.3 Å². The third kappa shape index (κ3) is 1.16. The first kappa shape index (κ1) is 9.87. The van der Waals surface area contributed by atoms with E-state index in [1.165, 1.54) is 22.2 Å². The van der Waals surface area contributed by atoms with Crippen molar-refractivity contribution in [2.75, 3.05) is 20.3 Å².